The summed E-state index contributed by atoms with van der Waals surface area (Å²) < 4.78 is 8.55. The molecule has 57 heavy (non-hydrogen) atoms. The van der Waals surface area contributed by atoms with Crippen molar-refractivity contribution in [3.05, 3.63) is 83.5 Å². The van der Waals surface area contributed by atoms with E-state index in [9.17, 15) is 14.4 Å². The Morgan fingerprint density at radius 2 is 1.25 bits per heavy atom. The van der Waals surface area contributed by atoms with Crippen molar-refractivity contribution >= 4 is 30.3 Å². The summed E-state index contributed by atoms with van der Waals surface area (Å²) in [6.07, 6.45) is 13.3. The molecule has 0 saturated carbocycles. The molecule has 4 aromatic rings. The van der Waals surface area contributed by atoms with Crippen LogP contribution < -0.4 is 16.0 Å². The number of rotatable bonds is 10. The lowest BCUT2D eigenvalue weighted by Crippen LogP contribution is -2.45. The van der Waals surface area contributed by atoms with E-state index >= 15 is 0 Å². The zero-order chi connectivity index (χ0) is 41.0. The number of hydrogen-bond donors (Lipinski definition) is 3. The predicted octanol–water partition coefficient (Wildman–Crippen LogP) is 5.94. The topological polar surface area (TPSA) is 161 Å². The first-order valence-electron chi connectivity index (χ1n) is 19.8. The van der Waals surface area contributed by atoms with Crippen molar-refractivity contribution in [1.29, 1.82) is 0 Å². The Hall–Kier alpha value is -5.63. The van der Waals surface area contributed by atoms with Gasteiger partial charge in [-0.05, 0) is 123 Å². The summed E-state index contributed by atoms with van der Waals surface area (Å²) in [5, 5.41) is 18.1. The van der Waals surface area contributed by atoms with Gasteiger partial charge in [-0.15, -0.1) is 10.2 Å². The van der Waals surface area contributed by atoms with Crippen LogP contribution in [0.15, 0.2) is 61.2 Å². The first-order chi connectivity index (χ1) is 27.2. The van der Waals surface area contributed by atoms with Crippen molar-refractivity contribution in [2.24, 2.45) is 11.8 Å². The Labute approximate surface area is 336 Å². The van der Waals surface area contributed by atoms with Gasteiger partial charge in [-0.3, -0.25) is 9.59 Å². The van der Waals surface area contributed by atoms with Crippen molar-refractivity contribution in [3.8, 4) is 22.8 Å². The van der Waals surface area contributed by atoms with Crippen LogP contribution in [0.3, 0.4) is 0 Å². The molecule has 2 atom stereocenters. The first-order valence-corrected chi connectivity index (χ1v) is 19.8. The lowest BCUT2D eigenvalue weighted by atomic mass is 9.98. The van der Waals surface area contributed by atoms with Crippen LogP contribution in [0.2, 0.25) is 0 Å². The molecule has 2 aliphatic rings. The standard InChI is InChI=1S/C24H33N5O3.C19H25N5O/c1-17-11-18(2)13-20(12-17)22-26-16-29(27-22)10-8-21(30)25-14-19-7-6-9-28(15-19)23(31)32-24(3,4)5;1-14-8-15(2)10-17(9-14)19-22-13-24(23-19)7-5-18(25)21-12-16-4-3-6-20-11-16/h8,10-13,16,19H,6-7,9,14-15H2,1-5H3,(H,25,30);5,7-10,13,16,20H,3-4,6,11-12H2,1-2H3,(H,21,25)/b10-8-;7-5-. The molecular formula is C43H58N10O4. The van der Waals surface area contributed by atoms with Crippen molar-refractivity contribution < 1.29 is 19.1 Å². The van der Waals surface area contributed by atoms with Crippen LogP contribution >= 0.6 is 0 Å². The van der Waals surface area contributed by atoms with E-state index in [1.807, 2.05) is 46.8 Å². The minimum Gasteiger partial charge on any atom is -0.444 e. The Morgan fingerprint density at radius 1 is 0.754 bits per heavy atom. The number of amides is 3. The molecule has 3 amide bonds. The largest absolute Gasteiger partial charge is 0.444 e. The van der Waals surface area contributed by atoms with Gasteiger partial charge in [-0.25, -0.2) is 24.1 Å². The highest BCUT2D eigenvalue weighted by Crippen LogP contribution is 2.21. The number of carbonyl (C=O) groups excluding carboxylic acids is 3. The minimum atomic E-state index is -0.511. The predicted molar refractivity (Wildman–Crippen MR) is 223 cm³/mol. The maximum absolute atomic E-state index is 12.3. The highest BCUT2D eigenvalue weighted by atomic mass is 16.6. The number of hydrogen-bond acceptors (Lipinski definition) is 9. The van der Waals surface area contributed by atoms with E-state index in [0.29, 0.717) is 43.7 Å². The number of likely N-dealkylation sites (tertiary alicyclic amines) is 1. The molecule has 0 aliphatic carbocycles. The number of aryl methyl sites for hydroxylation is 4. The molecule has 0 radical (unpaired) electrons. The van der Waals surface area contributed by atoms with Crippen LogP contribution in [-0.4, -0.2) is 97.2 Å². The van der Waals surface area contributed by atoms with Gasteiger partial charge in [0.05, 0.1) is 0 Å². The summed E-state index contributed by atoms with van der Waals surface area (Å²) in [7, 11) is 0. The summed E-state index contributed by atoms with van der Waals surface area (Å²) in [6, 6.07) is 12.4. The number of nitrogens with one attached hydrogen (secondary N) is 3. The normalized spacial score (nSPS) is 17.3. The van der Waals surface area contributed by atoms with E-state index in [1.54, 1.807) is 34.6 Å². The van der Waals surface area contributed by atoms with Crippen LogP contribution in [0.5, 0.6) is 0 Å². The Kier molecular flexibility index (Phi) is 14.9. The molecule has 304 valence electrons. The maximum Gasteiger partial charge on any atom is 0.410 e. The van der Waals surface area contributed by atoms with E-state index in [2.05, 4.69) is 74.2 Å². The van der Waals surface area contributed by atoms with Gasteiger partial charge in [0.2, 0.25) is 11.8 Å². The highest BCUT2D eigenvalue weighted by molar-refractivity contribution is 5.90. The number of carbonyl (C=O) groups is 3. The number of nitrogens with zero attached hydrogens (tertiary/aromatic N) is 7. The molecule has 2 unspecified atom stereocenters. The molecule has 2 fully saturated rings. The smallest absolute Gasteiger partial charge is 0.410 e. The molecule has 2 aromatic carbocycles. The number of piperidine rings is 2. The maximum atomic E-state index is 12.3. The van der Waals surface area contributed by atoms with E-state index in [4.69, 9.17) is 4.74 Å². The third-order valence-corrected chi connectivity index (χ3v) is 9.43. The Balaban J connectivity index is 0.000000224. The van der Waals surface area contributed by atoms with E-state index in [-0.39, 0.29) is 23.8 Å². The molecule has 2 aliphatic heterocycles. The summed E-state index contributed by atoms with van der Waals surface area (Å²) in [6.45, 7) is 18.3. The summed E-state index contributed by atoms with van der Waals surface area (Å²) in [5.41, 5.74) is 6.09. The van der Waals surface area contributed by atoms with Gasteiger partial charge in [0.25, 0.3) is 0 Å². The molecule has 14 heteroatoms. The second-order valence-corrected chi connectivity index (χ2v) is 16.1. The average molecular weight is 779 g/mol. The quantitative estimate of drug-likeness (QED) is 0.166. The third kappa shape index (κ3) is 14.1. The van der Waals surface area contributed by atoms with Crippen LogP contribution in [0, 0.1) is 39.5 Å². The number of benzene rings is 2. The van der Waals surface area contributed by atoms with Gasteiger partial charge >= 0.3 is 6.09 Å². The van der Waals surface area contributed by atoms with Gasteiger partial charge in [-0.2, -0.15) is 0 Å². The highest BCUT2D eigenvalue weighted by Gasteiger charge is 2.27. The molecule has 14 nitrogen and oxygen atoms in total. The summed E-state index contributed by atoms with van der Waals surface area (Å²) in [4.78, 5) is 46.9. The van der Waals surface area contributed by atoms with Crippen LogP contribution in [-0.2, 0) is 14.3 Å². The average Bonchev–Trinajstić information content (AvgIpc) is 3.85. The van der Waals surface area contributed by atoms with Gasteiger partial charge in [0.1, 0.15) is 18.3 Å². The van der Waals surface area contributed by atoms with Crippen LogP contribution in [0.1, 0.15) is 68.7 Å². The fourth-order valence-electron chi connectivity index (χ4n) is 6.88. The molecule has 6 rings (SSSR count). The monoisotopic (exact) mass is 778 g/mol. The van der Waals surface area contributed by atoms with Crippen molar-refractivity contribution in [2.75, 3.05) is 39.3 Å². The van der Waals surface area contributed by atoms with Crippen LogP contribution in [0.25, 0.3) is 35.2 Å². The zero-order valence-electron chi connectivity index (χ0n) is 34.4. The molecule has 4 heterocycles. The van der Waals surface area contributed by atoms with Crippen LogP contribution in [0.4, 0.5) is 4.79 Å². The van der Waals surface area contributed by atoms with Gasteiger partial charge in [-0.1, -0.05) is 34.4 Å². The van der Waals surface area contributed by atoms with Crippen molar-refractivity contribution in [3.63, 3.8) is 0 Å². The van der Waals surface area contributed by atoms with E-state index in [0.717, 1.165) is 48.2 Å². The molecule has 2 saturated heterocycles. The fourth-order valence-corrected chi connectivity index (χ4v) is 6.88. The van der Waals surface area contributed by atoms with Gasteiger partial charge in [0.15, 0.2) is 11.6 Å². The SMILES string of the molecule is Cc1cc(C)cc(-c2ncn(/C=C\C(=O)NCC3CCCN(C(=O)OC(C)(C)C)C3)n2)c1.Cc1cc(C)cc(-c2ncn(/C=C\C(=O)NCC3CCCNC3)n2)c1. The Morgan fingerprint density at radius 3 is 1.72 bits per heavy atom. The summed E-state index contributed by atoms with van der Waals surface area (Å²) >= 11 is 0. The van der Waals surface area contributed by atoms with Crippen molar-refractivity contribution in [1.82, 2.24) is 50.4 Å². The Bertz CT molecular complexity index is 2000. The number of aromatic nitrogens is 6. The van der Waals surface area contributed by atoms with Gasteiger partial charge < -0.3 is 25.6 Å². The molecule has 3 N–H and O–H groups in total. The van der Waals surface area contributed by atoms with Gasteiger partial charge in [0, 0.05) is 61.9 Å². The van der Waals surface area contributed by atoms with E-state index < -0.39 is 5.60 Å². The number of ether oxygens (including phenoxy) is 1. The second-order valence-electron chi connectivity index (χ2n) is 16.1. The summed E-state index contributed by atoms with van der Waals surface area (Å²) in [5.74, 6) is 1.69. The zero-order valence-corrected chi connectivity index (χ0v) is 34.4. The lowest BCUT2D eigenvalue weighted by molar-refractivity contribution is -0.117. The molecule has 0 spiro atoms. The minimum absolute atomic E-state index is 0.103. The molecule has 0 bridgehead atoms. The lowest BCUT2D eigenvalue weighted by Gasteiger charge is -2.34. The van der Waals surface area contributed by atoms with E-state index in [1.165, 1.54) is 40.8 Å². The third-order valence-electron chi connectivity index (χ3n) is 9.43. The first kappa shape index (κ1) is 42.5. The second kappa shape index (κ2) is 20.0. The molecule has 2 aromatic heterocycles. The fraction of sp³-hybridized carbons (Fsp3) is 0.465. The molecular weight excluding hydrogens is 721 g/mol. The van der Waals surface area contributed by atoms with Crippen molar-refractivity contribution in [2.45, 2.75) is 79.8 Å².